The van der Waals surface area contributed by atoms with Crippen molar-refractivity contribution >= 4 is 5.82 Å². The molecule has 0 saturated heterocycles. The Balaban J connectivity index is 1.88. The monoisotopic (exact) mass is 257 g/mol. The van der Waals surface area contributed by atoms with Crippen LogP contribution in [0.25, 0.3) is 0 Å². The first-order chi connectivity index (χ1) is 9.29. The topological polar surface area (TPSA) is 47.0 Å². The highest BCUT2D eigenvalue weighted by Crippen LogP contribution is 2.17. The lowest BCUT2D eigenvalue weighted by Gasteiger charge is -2.13. The van der Waals surface area contributed by atoms with E-state index in [0.29, 0.717) is 6.61 Å². The molecule has 1 N–H and O–H groups in total. The second-order valence-electron chi connectivity index (χ2n) is 4.29. The zero-order valence-corrected chi connectivity index (χ0v) is 11.3. The van der Waals surface area contributed by atoms with Gasteiger partial charge < -0.3 is 10.1 Å². The Bertz CT molecular complexity index is 485. The van der Waals surface area contributed by atoms with Gasteiger partial charge in [-0.25, -0.2) is 4.98 Å². The Morgan fingerprint density at radius 3 is 2.58 bits per heavy atom. The second-order valence-corrected chi connectivity index (χ2v) is 4.29. The van der Waals surface area contributed by atoms with E-state index in [1.165, 1.54) is 5.56 Å². The normalized spacial score (nSPS) is 12.1. The van der Waals surface area contributed by atoms with Crippen LogP contribution in [-0.4, -0.2) is 16.5 Å². The SMILES string of the molecule is CCNc1cnc(COC(C)c2ccccc2)cn1. The zero-order valence-electron chi connectivity index (χ0n) is 11.3. The van der Waals surface area contributed by atoms with Crippen LogP contribution in [0.5, 0.6) is 0 Å². The molecule has 1 atom stereocenters. The van der Waals surface area contributed by atoms with Crippen LogP contribution in [0.3, 0.4) is 0 Å². The summed E-state index contributed by atoms with van der Waals surface area (Å²) in [5.74, 6) is 0.794. The third-order valence-electron chi connectivity index (χ3n) is 2.81. The first kappa shape index (κ1) is 13.5. The lowest BCUT2D eigenvalue weighted by molar-refractivity contribution is 0.0504. The molecular formula is C15H19N3O. The van der Waals surface area contributed by atoms with E-state index in [0.717, 1.165) is 18.1 Å². The highest BCUT2D eigenvalue weighted by molar-refractivity contribution is 5.30. The highest BCUT2D eigenvalue weighted by atomic mass is 16.5. The van der Waals surface area contributed by atoms with Crippen molar-refractivity contribution < 1.29 is 4.74 Å². The predicted octanol–water partition coefficient (Wildman–Crippen LogP) is 3.19. The highest BCUT2D eigenvalue weighted by Gasteiger charge is 2.06. The molecule has 0 aliphatic rings. The maximum absolute atomic E-state index is 5.79. The summed E-state index contributed by atoms with van der Waals surface area (Å²) in [7, 11) is 0. The Kier molecular flexibility index (Phi) is 4.86. The number of ether oxygens (including phenoxy) is 1. The average Bonchev–Trinajstić information content (AvgIpc) is 2.47. The summed E-state index contributed by atoms with van der Waals surface area (Å²) >= 11 is 0. The molecule has 19 heavy (non-hydrogen) atoms. The number of anilines is 1. The van der Waals surface area contributed by atoms with Gasteiger partial charge >= 0.3 is 0 Å². The largest absolute Gasteiger partial charge is 0.369 e. The van der Waals surface area contributed by atoms with Crippen LogP contribution in [-0.2, 0) is 11.3 Å². The number of nitrogens with one attached hydrogen (secondary N) is 1. The third kappa shape index (κ3) is 4.03. The van der Waals surface area contributed by atoms with Crippen molar-refractivity contribution in [1.82, 2.24) is 9.97 Å². The van der Waals surface area contributed by atoms with Gasteiger partial charge in [0.15, 0.2) is 0 Å². The molecule has 0 aliphatic heterocycles. The minimum absolute atomic E-state index is 0.0523. The molecule has 4 heteroatoms. The van der Waals surface area contributed by atoms with Gasteiger partial charge in [-0.1, -0.05) is 30.3 Å². The lowest BCUT2D eigenvalue weighted by Crippen LogP contribution is -2.04. The number of hydrogen-bond acceptors (Lipinski definition) is 4. The van der Waals surface area contributed by atoms with E-state index in [9.17, 15) is 0 Å². The van der Waals surface area contributed by atoms with Gasteiger partial charge in [0.25, 0.3) is 0 Å². The minimum atomic E-state index is 0.0523. The van der Waals surface area contributed by atoms with Crippen molar-refractivity contribution in [2.75, 3.05) is 11.9 Å². The van der Waals surface area contributed by atoms with Gasteiger partial charge in [-0.2, -0.15) is 0 Å². The van der Waals surface area contributed by atoms with Crippen LogP contribution in [0, 0.1) is 0 Å². The first-order valence-corrected chi connectivity index (χ1v) is 6.51. The van der Waals surface area contributed by atoms with Crippen LogP contribution in [0.2, 0.25) is 0 Å². The lowest BCUT2D eigenvalue weighted by atomic mass is 10.1. The van der Waals surface area contributed by atoms with Crippen molar-refractivity contribution in [3.63, 3.8) is 0 Å². The van der Waals surface area contributed by atoms with E-state index in [1.54, 1.807) is 12.4 Å². The summed E-state index contributed by atoms with van der Waals surface area (Å²) < 4.78 is 5.79. The third-order valence-corrected chi connectivity index (χ3v) is 2.81. The zero-order chi connectivity index (χ0) is 13.5. The molecule has 0 bridgehead atoms. The molecule has 1 heterocycles. The maximum atomic E-state index is 5.79. The Labute approximate surface area is 113 Å². The number of nitrogens with zero attached hydrogens (tertiary/aromatic N) is 2. The second kappa shape index (κ2) is 6.85. The van der Waals surface area contributed by atoms with Gasteiger partial charge in [-0.3, -0.25) is 4.98 Å². The van der Waals surface area contributed by atoms with E-state index in [2.05, 4.69) is 27.4 Å². The van der Waals surface area contributed by atoms with E-state index in [4.69, 9.17) is 4.74 Å². The van der Waals surface area contributed by atoms with Gasteiger partial charge in [0.2, 0.25) is 0 Å². The Hall–Kier alpha value is -1.94. The van der Waals surface area contributed by atoms with Crippen LogP contribution < -0.4 is 5.32 Å². The van der Waals surface area contributed by atoms with Gasteiger partial charge in [0.05, 0.1) is 30.8 Å². The smallest absolute Gasteiger partial charge is 0.144 e. The fraction of sp³-hybridized carbons (Fsp3) is 0.333. The van der Waals surface area contributed by atoms with Gasteiger partial charge in [-0.15, -0.1) is 0 Å². The summed E-state index contributed by atoms with van der Waals surface area (Å²) in [4.78, 5) is 8.58. The molecule has 1 aromatic heterocycles. The number of hydrogen-bond donors (Lipinski definition) is 1. The summed E-state index contributed by atoms with van der Waals surface area (Å²) in [6.45, 7) is 5.38. The van der Waals surface area contributed by atoms with Crippen molar-refractivity contribution in [3.8, 4) is 0 Å². The van der Waals surface area contributed by atoms with Crippen LogP contribution in [0.1, 0.15) is 31.2 Å². The van der Waals surface area contributed by atoms with Crippen molar-refractivity contribution in [2.45, 2.75) is 26.6 Å². The maximum Gasteiger partial charge on any atom is 0.144 e. The molecule has 2 aromatic rings. The molecule has 1 aromatic carbocycles. The summed E-state index contributed by atoms with van der Waals surface area (Å²) in [6.07, 6.45) is 3.53. The number of rotatable bonds is 6. The molecule has 1 unspecified atom stereocenters. The molecule has 0 amide bonds. The van der Waals surface area contributed by atoms with Gasteiger partial charge in [0, 0.05) is 6.54 Å². The van der Waals surface area contributed by atoms with E-state index in [-0.39, 0.29) is 6.10 Å². The molecule has 0 saturated carbocycles. The van der Waals surface area contributed by atoms with Crippen LogP contribution in [0.15, 0.2) is 42.7 Å². The molecule has 0 fully saturated rings. The fourth-order valence-electron chi connectivity index (χ4n) is 1.73. The molecular weight excluding hydrogens is 238 g/mol. The molecule has 4 nitrogen and oxygen atoms in total. The van der Waals surface area contributed by atoms with E-state index >= 15 is 0 Å². The standard InChI is InChI=1S/C15H19N3O/c1-3-16-15-10-17-14(9-18-15)11-19-12(2)13-7-5-4-6-8-13/h4-10,12H,3,11H2,1-2H3,(H,16,18). The van der Waals surface area contributed by atoms with E-state index < -0.39 is 0 Å². The quantitative estimate of drug-likeness (QED) is 0.863. The number of benzene rings is 1. The van der Waals surface area contributed by atoms with Crippen molar-refractivity contribution in [2.24, 2.45) is 0 Å². The summed E-state index contributed by atoms with van der Waals surface area (Å²) in [6, 6.07) is 10.1. The molecule has 2 rings (SSSR count). The fourth-order valence-corrected chi connectivity index (χ4v) is 1.73. The minimum Gasteiger partial charge on any atom is -0.369 e. The van der Waals surface area contributed by atoms with Crippen molar-refractivity contribution in [3.05, 3.63) is 54.0 Å². The number of aromatic nitrogens is 2. The molecule has 0 spiro atoms. The molecule has 0 radical (unpaired) electrons. The Morgan fingerprint density at radius 1 is 1.16 bits per heavy atom. The van der Waals surface area contributed by atoms with Gasteiger partial charge in [-0.05, 0) is 19.4 Å². The van der Waals surface area contributed by atoms with Crippen LogP contribution >= 0.6 is 0 Å². The average molecular weight is 257 g/mol. The first-order valence-electron chi connectivity index (χ1n) is 6.51. The Morgan fingerprint density at radius 2 is 1.95 bits per heavy atom. The molecule has 0 aliphatic carbocycles. The van der Waals surface area contributed by atoms with Gasteiger partial charge in [0.1, 0.15) is 5.82 Å². The molecule has 100 valence electrons. The van der Waals surface area contributed by atoms with Crippen LogP contribution in [0.4, 0.5) is 5.82 Å². The summed E-state index contributed by atoms with van der Waals surface area (Å²) in [5.41, 5.74) is 2.00. The summed E-state index contributed by atoms with van der Waals surface area (Å²) in [5, 5.41) is 3.11. The van der Waals surface area contributed by atoms with E-state index in [1.807, 2.05) is 32.0 Å². The predicted molar refractivity (Wildman–Crippen MR) is 75.8 cm³/mol. The van der Waals surface area contributed by atoms with Crippen molar-refractivity contribution in [1.29, 1.82) is 0 Å².